The molecule has 2 aliphatic rings. The molecule has 1 aliphatic heterocycles. The zero-order valence-corrected chi connectivity index (χ0v) is 18.5. The third kappa shape index (κ3) is 2.83. The second kappa shape index (κ2) is 7.00. The van der Waals surface area contributed by atoms with Crippen LogP contribution in [0.4, 0.5) is 27.5 Å². The van der Waals surface area contributed by atoms with E-state index in [1.54, 1.807) is 30.0 Å². The van der Waals surface area contributed by atoms with Gasteiger partial charge < -0.3 is 26.3 Å². The maximum absolute atomic E-state index is 14.5. The maximum Gasteiger partial charge on any atom is 0.231 e. The predicted molar refractivity (Wildman–Crippen MR) is 129 cm³/mol. The molecule has 5 heterocycles. The van der Waals surface area contributed by atoms with Gasteiger partial charge in [0.15, 0.2) is 5.65 Å². The van der Waals surface area contributed by atoms with Gasteiger partial charge in [-0.25, -0.2) is 13.9 Å². The van der Waals surface area contributed by atoms with Crippen molar-refractivity contribution in [1.82, 2.24) is 29.5 Å². The van der Waals surface area contributed by atoms with Crippen LogP contribution in [0.5, 0.6) is 0 Å². The Labute approximate surface area is 193 Å². The molecule has 1 aliphatic carbocycles. The van der Waals surface area contributed by atoms with Crippen molar-refractivity contribution in [1.29, 1.82) is 0 Å². The zero-order valence-electron chi connectivity index (χ0n) is 18.5. The van der Waals surface area contributed by atoms with Gasteiger partial charge >= 0.3 is 0 Å². The molecule has 2 fully saturated rings. The summed E-state index contributed by atoms with van der Waals surface area (Å²) in [4.78, 5) is 19.8. The van der Waals surface area contributed by atoms with Crippen LogP contribution in [0.2, 0.25) is 0 Å². The molecule has 1 saturated carbocycles. The molecular weight excluding hydrogens is 435 g/mol. The monoisotopic (exact) mass is 458 g/mol. The molecule has 172 valence electrons. The molecule has 4 aromatic heterocycles. The number of halogens is 1. The van der Waals surface area contributed by atoms with Gasteiger partial charge in [-0.05, 0) is 30.9 Å². The van der Waals surface area contributed by atoms with E-state index in [0.717, 1.165) is 47.1 Å². The molecule has 1 saturated heterocycles. The first-order chi connectivity index (χ1) is 16.6. The highest BCUT2D eigenvalue weighted by atomic mass is 19.1. The fraction of sp³-hybridized carbons (Fsp3) is 0.304. The summed E-state index contributed by atoms with van der Waals surface area (Å²) in [6.07, 6.45) is 7.24. The number of hydrogen-bond acceptors (Lipinski definition) is 8. The van der Waals surface area contributed by atoms with Crippen LogP contribution in [0.25, 0.3) is 27.6 Å². The van der Waals surface area contributed by atoms with Crippen molar-refractivity contribution in [2.75, 3.05) is 29.1 Å². The van der Waals surface area contributed by atoms with Crippen LogP contribution >= 0.6 is 0 Å². The van der Waals surface area contributed by atoms with Crippen molar-refractivity contribution in [2.24, 2.45) is 11.7 Å². The number of rotatable bonds is 4. The lowest BCUT2D eigenvalue weighted by Gasteiger charge is -2.31. The van der Waals surface area contributed by atoms with Crippen LogP contribution in [-0.4, -0.2) is 55.2 Å². The van der Waals surface area contributed by atoms with Crippen LogP contribution < -0.4 is 21.3 Å². The molecule has 1 unspecified atom stereocenters. The van der Waals surface area contributed by atoms with Crippen molar-refractivity contribution in [2.45, 2.75) is 24.9 Å². The number of hydrogen-bond donors (Lipinski definition) is 4. The van der Waals surface area contributed by atoms with Gasteiger partial charge in [-0.15, -0.1) is 0 Å². The molecule has 10 nitrogen and oxygen atoms in total. The molecule has 34 heavy (non-hydrogen) atoms. The van der Waals surface area contributed by atoms with E-state index in [2.05, 4.69) is 30.6 Å². The minimum absolute atomic E-state index is 0.222. The van der Waals surface area contributed by atoms with Crippen molar-refractivity contribution in [3.8, 4) is 0 Å². The van der Waals surface area contributed by atoms with Gasteiger partial charge in [0.05, 0.1) is 40.9 Å². The molecule has 0 radical (unpaired) electrons. The average molecular weight is 459 g/mol. The van der Waals surface area contributed by atoms with Crippen molar-refractivity contribution < 1.29 is 4.39 Å². The normalized spacial score (nSPS) is 21.9. The first-order valence-corrected chi connectivity index (χ1v) is 11.4. The quantitative estimate of drug-likeness (QED) is 0.324. The Balaban J connectivity index is 1.41. The molecule has 11 heteroatoms. The number of nitrogens with two attached hydrogens (primary N) is 1. The topological polar surface area (TPSA) is 125 Å². The number of anilines is 4. The Morgan fingerprint density at radius 3 is 2.94 bits per heavy atom. The lowest BCUT2D eigenvalue weighted by molar-refractivity contribution is 0.471. The van der Waals surface area contributed by atoms with Gasteiger partial charge in [-0.3, -0.25) is 0 Å². The number of aromatic nitrogens is 6. The summed E-state index contributed by atoms with van der Waals surface area (Å²) in [5.74, 6) is 1.35. The summed E-state index contributed by atoms with van der Waals surface area (Å²) in [6, 6.07) is 5.39. The predicted octanol–water partition coefficient (Wildman–Crippen LogP) is 3.00. The first-order valence-electron chi connectivity index (χ1n) is 11.4. The third-order valence-electron chi connectivity index (χ3n) is 7.15. The smallest absolute Gasteiger partial charge is 0.231 e. The first kappa shape index (κ1) is 19.5. The molecule has 3 atom stereocenters. The van der Waals surface area contributed by atoms with E-state index in [1.807, 2.05) is 12.3 Å². The van der Waals surface area contributed by atoms with Gasteiger partial charge in [-0.1, -0.05) is 0 Å². The largest absolute Gasteiger partial charge is 0.386 e. The van der Waals surface area contributed by atoms with Crippen LogP contribution in [-0.2, 0) is 0 Å². The Morgan fingerprint density at radius 1 is 1.24 bits per heavy atom. The van der Waals surface area contributed by atoms with E-state index >= 15 is 0 Å². The zero-order chi connectivity index (χ0) is 23.0. The molecular formula is C23H23FN10. The number of H-pyrrole nitrogens is 1. The van der Waals surface area contributed by atoms with Crippen LogP contribution in [0.1, 0.15) is 12.8 Å². The van der Waals surface area contributed by atoms with Gasteiger partial charge in [0.25, 0.3) is 0 Å². The molecule has 1 aromatic carbocycles. The van der Waals surface area contributed by atoms with Crippen LogP contribution in [0.15, 0.2) is 36.8 Å². The summed E-state index contributed by atoms with van der Waals surface area (Å²) in [5, 5.41) is 12.2. The minimum atomic E-state index is -0.311. The van der Waals surface area contributed by atoms with Gasteiger partial charge in [0.2, 0.25) is 5.95 Å². The van der Waals surface area contributed by atoms with E-state index in [4.69, 9.17) is 15.7 Å². The molecule has 5 aromatic rings. The number of benzene rings is 1. The number of piperidine rings is 1. The number of aromatic amines is 1. The molecule has 5 N–H and O–H groups in total. The van der Waals surface area contributed by atoms with E-state index in [1.165, 1.54) is 6.07 Å². The van der Waals surface area contributed by atoms with Crippen LogP contribution in [0, 0.1) is 11.7 Å². The SMILES string of the molecule is CNc1cc(F)cc2c1[nH]c1nc(Nc3cnc4ccnn4c3)nc(N3CC4C[C@@H]3C[C@H]4N)c12. The summed E-state index contributed by atoms with van der Waals surface area (Å²) >= 11 is 0. The fourth-order valence-electron chi connectivity index (χ4n) is 5.56. The van der Waals surface area contributed by atoms with Crippen molar-refractivity contribution >= 4 is 50.7 Å². The average Bonchev–Trinajstić information content (AvgIpc) is 3.60. The molecule has 0 spiro atoms. The van der Waals surface area contributed by atoms with Crippen molar-refractivity contribution in [3.63, 3.8) is 0 Å². The van der Waals surface area contributed by atoms with Crippen molar-refractivity contribution in [3.05, 3.63) is 42.6 Å². The van der Waals surface area contributed by atoms with E-state index < -0.39 is 0 Å². The lowest BCUT2D eigenvalue weighted by atomic mass is 10.0. The third-order valence-corrected chi connectivity index (χ3v) is 7.15. The second-order valence-corrected chi connectivity index (χ2v) is 9.15. The highest BCUT2D eigenvalue weighted by Gasteiger charge is 2.44. The standard InChI is InChI=1S/C23H23FN10/c1-26-17-6-12(24)5-15-19-21(30-20(15)17)31-23(29-13-8-27-18-2-3-28-34(18)10-13)32-22(19)33-9-11-4-14(33)7-16(11)25/h2-3,5-6,8,10-11,14,16,26H,4,7,9,25H2,1H3,(H2,29,30,31,32)/t11?,14-,16-/m1/s1. The summed E-state index contributed by atoms with van der Waals surface area (Å²) < 4.78 is 16.2. The van der Waals surface area contributed by atoms with E-state index in [0.29, 0.717) is 34.9 Å². The Morgan fingerprint density at radius 2 is 2.15 bits per heavy atom. The van der Waals surface area contributed by atoms with E-state index in [-0.39, 0.29) is 11.9 Å². The number of nitrogens with one attached hydrogen (secondary N) is 3. The highest BCUT2D eigenvalue weighted by molar-refractivity contribution is 6.15. The highest BCUT2D eigenvalue weighted by Crippen LogP contribution is 2.43. The Kier molecular flexibility index (Phi) is 4.01. The van der Waals surface area contributed by atoms with Gasteiger partial charge in [0, 0.05) is 37.1 Å². The lowest BCUT2D eigenvalue weighted by Crippen LogP contribution is -2.41. The maximum atomic E-state index is 14.5. The van der Waals surface area contributed by atoms with E-state index in [9.17, 15) is 4.39 Å². The molecule has 2 bridgehead atoms. The fourth-order valence-corrected chi connectivity index (χ4v) is 5.56. The molecule has 0 amide bonds. The van der Waals surface area contributed by atoms with Gasteiger partial charge in [0.1, 0.15) is 17.3 Å². The Bertz CT molecular complexity index is 1570. The number of nitrogens with zero attached hydrogens (tertiary/aromatic N) is 6. The summed E-state index contributed by atoms with van der Waals surface area (Å²) in [5.41, 5.74) is 9.90. The molecule has 7 rings (SSSR count). The summed E-state index contributed by atoms with van der Waals surface area (Å²) in [6.45, 7) is 0.832. The summed E-state index contributed by atoms with van der Waals surface area (Å²) in [7, 11) is 1.78. The number of fused-ring (bicyclic) bond motifs is 6. The second-order valence-electron chi connectivity index (χ2n) is 9.15. The van der Waals surface area contributed by atoms with Crippen LogP contribution in [0.3, 0.4) is 0 Å². The minimum Gasteiger partial charge on any atom is -0.386 e. The Hall–Kier alpha value is -3.99. The van der Waals surface area contributed by atoms with Gasteiger partial charge in [-0.2, -0.15) is 15.1 Å².